The Labute approximate surface area is 206 Å². The fraction of sp³-hybridized carbons (Fsp3) is 0.385. The second kappa shape index (κ2) is 10.9. The van der Waals surface area contributed by atoms with Gasteiger partial charge in [0.2, 0.25) is 0 Å². The number of aryl methyl sites for hydroxylation is 1. The van der Waals surface area contributed by atoms with Crippen molar-refractivity contribution >= 4 is 29.6 Å². The van der Waals surface area contributed by atoms with Gasteiger partial charge in [-0.25, -0.2) is 9.98 Å². The van der Waals surface area contributed by atoms with Crippen molar-refractivity contribution < 1.29 is 4.79 Å². The van der Waals surface area contributed by atoms with Crippen LogP contribution in [0.2, 0.25) is 5.15 Å². The fourth-order valence-corrected chi connectivity index (χ4v) is 4.29. The van der Waals surface area contributed by atoms with Gasteiger partial charge in [0.25, 0.3) is 5.91 Å². The number of rotatable bonds is 7. The van der Waals surface area contributed by atoms with Crippen molar-refractivity contribution in [2.24, 2.45) is 26.9 Å². The molecule has 8 heteroatoms. The molecule has 2 unspecified atom stereocenters. The number of pyridine rings is 1. The van der Waals surface area contributed by atoms with E-state index < -0.39 is 0 Å². The van der Waals surface area contributed by atoms with E-state index in [1.807, 2.05) is 6.92 Å². The number of nitrogens with two attached hydrogens (primary N) is 2. The number of nitrogens with one attached hydrogen (secondary N) is 1. The summed E-state index contributed by atoms with van der Waals surface area (Å²) in [5.74, 6) is -0.198. The molecule has 5 N–H and O–H groups in total. The zero-order valence-electron chi connectivity index (χ0n) is 20.2. The molecule has 2 aromatic rings. The summed E-state index contributed by atoms with van der Waals surface area (Å²) < 4.78 is 0. The van der Waals surface area contributed by atoms with Crippen LogP contribution in [0.4, 0.5) is 0 Å². The number of nitrogens with zero attached hydrogens (tertiary/aromatic N) is 3. The normalized spacial score (nSPS) is 17.9. The number of aromatic nitrogens is 1. The van der Waals surface area contributed by atoms with Crippen LogP contribution < -0.4 is 16.8 Å². The molecule has 1 aliphatic heterocycles. The van der Waals surface area contributed by atoms with Crippen LogP contribution in [0, 0.1) is 12.3 Å². The SMILES string of the molecule is Cc1ccc(C2=NC(C(C)(C)CNC(=O)c3ccnc(Cl)c3)CCC(N=CN)=C2C(C)N)cc1. The number of allylic oxidation sites excluding steroid dienone is 1. The molecule has 1 aromatic carbocycles. The molecule has 2 atom stereocenters. The van der Waals surface area contributed by atoms with E-state index in [1.54, 1.807) is 12.1 Å². The zero-order chi connectivity index (χ0) is 24.9. The molecule has 1 aromatic heterocycles. The maximum Gasteiger partial charge on any atom is 0.251 e. The topological polar surface area (TPSA) is 119 Å². The predicted molar refractivity (Wildman–Crippen MR) is 139 cm³/mol. The van der Waals surface area contributed by atoms with E-state index in [1.165, 1.54) is 18.1 Å². The lowest BCUT2D eigenvalue weighted by atomic mass is 9.82. The molecule has 7 nitrogen and oxygen atoms in total. The van der Waals surface area contributed by atoms with Crippen LogP contribution in [0.25, 0.3) is 0 Å². The van der Waals surface area contributed by atoms with Crippen molar-refractivity contribution in [1.29, 1.82) is 0 Å². The third-order valence-corrected chi connectivity index (χ3v) is 6.32. The number of hydrogen-bond donors (Lipinski definition) is 3. The van der Waals surface area contributed by atoms with E-state index in [9.17, 15) is 4.79 Å². The number of carbonyl (C=O) groups is 1. The molecule has 1 amide bonds. The Bertz CT molecular complexity index is 1120. The number of aliphatic imine (C=N–C) groups is 2. The molecule has 0 saturated carbocycles. The van der Waals surface area contributed by atoms with Gasteiger partial charge in [-0.2, -0.15) is 0 Å². The molecule has 1 aliphatic rings. The molecule has 0 spiro atoms. The van der Waals surface area contributed by atoms with Crippen LogP contribution in [0.1, 0.15) is 55.1 Å². The molecule has 34 heavy (non-hydrogen) atoms. The summed E-state index contributed by atoms with van der Waals surface area (Å²) in [6.45, 7) is 8.64. The van der Waals surface area contributed by atoms with E-state index in [0.29, 0.717) is 18.5 Å². The molecular weight excluding hydrogens is 448 g/mol. The molecule has 0 saturated heterocycles. The first-order chi connectivity index (χ1) is 16.1. The van der Waals surface area contributed by atoms with Crippen LogP contribution in [0.15, 0.2) is 63.8 Å². The van der Waals surface area contributed by atoms with Gasteiger partial charge in [0.05, 0.1) is 18.1 Å². The molecule has 2 heterocycles. The summed E-state index contributed by atoms with van der Waals surface area (Å²) >= 11 is 5.94. The average Bonchev–Trinajstić information content (AvgIpc) is 2.99. The van der Waals surface area contributed by atoms with E-state index >= 15 is 0 Å². The van der Waals surface area contributed by atoms with Gasteiger partial charge in [0.1, 0.15) is 5.15 Å². The Morgan fingerprint density at radius 3 is 2.65 bits per heavy atom. The van der Waals surface area contributed by atoms with E-state index in [-0.39, 0.29) is 28.6 Å². The molecule has 0 bridgehead atoms. The minimum Gasteiger partial charge on any atom is -0.390 e. The fourth-order valence-electron chi connectivity index (χ4n) is 4.12. The number of halogens is 1. The molecule has 0 radical (unpaired) electrons. The maximum atomic E-state index is 12.7. The van der Waals surface area contributed by atoms with E-state index in [0.717, 1.165) is 29.0 Å². The second-order valence-corrected chi connectivity index (χ2v) is 9.75. The van der Waals surface area contributed by atoms with Gasteiger partial charge in [-0.1, -0.05) is 55.3 Å². The summed E-state index contributed by atoms with van der Waals surface area (Å²) in [5.41, 5.74) is 17.0. The van der Waals surface area contributed by atoms with Crippen LogP contribution in [0.5, 0.6) is 0 Å². The average molecular weight is 481 g/mol. The second-order valence-electron chi connectivity index (χ2n) is 9.36. The van der Waals surface area contributed by atoms with Crippen LogP contribution in [0.3, 0.4) is 0 Å². The van der Waals surface area contributed by atoms with Gasteiger partial charge in [-0.05, 0) is 38.8 Å². The highest BCUT2D eigenvalue weighted by molar-refractivity contribution is 6.29. The van der Waals surface area contributed by atoms with Crippen molar-refractivity contribution in [3.05, 3.63) is 75.7 Å². The highest BCUT2D eigenvalue weighted by atomic mass is 35.5. The summed E-state index contributed by atoms with van der Waals surface area (Å²) in [4.78, 5) is 26.3. The minimum atomic E-state index is -0.340. The van der Waals surface area contributed by atoms with Crippen LogP contribution in [-0.2, 0) is 0 Å². The van der Waals surface area contributed by atoms with Gasteiger partial charge >= 0.3 is 0 Å². The zero-order valence-corrected chi connectivity index (χ0v) is 20.9. The molecule has 0 aliphatic carbocycles. The Balaban J connectivity index is 1.94. The lowest BCUT2D eigenvalue weighted by molar-refractivity contribution is 0.0930. The number of carbonyl (C=O) groups excluding carboxylic acids is 1. The lowest BCUT2D eigenvalue weighted by Gasteiger charge is -2.32. The van der Waals surface area contributed by atoms with E-state index in [2.05, 4.69) is 60.3 Å². The highest BCUT2D eigenvalue weighted by Crippen LogP contribution is 2.34. The predicted octanol–water partition coefficient (Wildman–Crippen LogP) is 4.04. The molecular formula is C26H33ClN6O. The Hall–Kier alpha value is -3.03. The van der Waals surface area contributed by atoms with Crippen LogP contribution in [-0.4, -0.2) is 41.6 Å². The van der Waals surface area contributed by atoms with Crippen molar-refractivity contribution in [2.45, 2.75) is 52.6 Å². The van der Waals surface area contributed by atoms with Crippen molar-refractivity contribution in [1.82, 2.24) is 10.3 Å². The van der Waals surface area contributed by atoms with Gasteiger partial charge in [-0.3, -0.25) is 9.79 Å². The van der Waals surface area contributed by atoms with Gasteiger partial charge in [0.15, 0.2) is 0 Å². The highest BCUT2D eigenvalue weighted by Gasteiger charge is 2.34. The summed E-state index contributed by atoms with van der Waals surface area (Å²) in [6.07, 6.45) is 4.27. The minimum absolute atomic E-state index is 0.0793. The first kappa shape index (κ1) is 25.6. The van der Waals surface area contributed by atoms with Gasteiger partial charge in [-0.15, -0.1) is 0 Å². The lowest BCUT2D eigenvalue weighted by Crippen LogP contribution is -2.41. The van der Waals surface area contributed by atoms with Gasteiger partial charge < -0.3 is 16.8 Å². The molecule has 180 valence electrons. The van der Waals surface area contributed by atoms with Crippen molar-refractivity contribution in [2.75, 3.05) is 6.54 Å². The Kier molecular flexibility index (Phi) is 8.23. The smallest absolute Gasteiger partial charge is 0.251 e. The summed E-state index contributed by atoms with van der Waals surface area (Å²) in [7, 11) is 0. The monoisotopic (exact) mass is 480 g/mol. The number of benzene rings is 1. The summed E-state index contributed by atoms with van der Waals surface area (Å²) in [6, 6.07) is 11.1. The van der Waals surface area contributed by atoms with Crippen molar-refractivity contribution in [3.8, 4) is 0 Å². The first-order valence-electron chi connectivity index (χ1n) is 11.4. The number of hydrogen-bond acceptors (Lipinski definition) is 5. The Morgan fingerprint density at radius 1 is 1.32 bits per heavy atom. The standard InChI is InChI=1S/C26H33ClN6O/c1-16-5-7-18(8-6-16)24-23(17(2)29)20(32-15-28)9-10-21(33-24)26(3,4)14-31-25(34)19-11-12-30-22(27)13-19/h5-8,11-13,15,17,21H,9-10,14,29H2,1-4H3,(H2,28,32)(H,31,34). The third kappa shape index (κ3) is 6.10. The number of amides is 1. The maximum absolute atomic E-state index is 12.7. The largest absolute Gasteiger partial charge is 0.390 e. The van der Waals surface area contributed by atoms with E-state index in [4.69, 9.17) is 28.1 Å². The van der Waals surface area contributed by atoms with Gasteiger partial charge in [0, 0.05) is 46.6 Å². The van der Waals surface area contributed by atoms with Crippen LogP contribution >= 0.6 is 11.6 Å². The Morgan fingerprint density at radius 2 is 2.03 bits per heavy atom. The third-order valence-electron chi connectivity index (χ3n) is 6.11. The summed E-state index contributed by atoms with van der Waals surface area (Å²) in [5, 5.41) is 3.32. The quantitative estimate of drug-likeness (QED) is 0.314. The molecule has 3 rings (SSSR count). The first-order valence-corrected chi connectivity index (χ1v) is 11.8. The van der Waals surface area contributed by atoms with Crippen molar-refractivity contribution in [3.63, 3.8) is 0 Å². The molecule has 0 fully saturated rings.